The molecule has 0 amide bonds. The van der Waals surface area contributed by atoms with Crippen LogP contribution in [0.25, 0.3) is 0 Å². The van der Waals surface area contributed by atoms with Gasteiger partial charge < -0.3 is 10.5 Å². The summed E-state index contributed by atoms with van der Waals surface area (Å²) in [6, 6.07) is 9.85. The second-order valence-corrected chi connectivity index (χ2v) is 6.47. The summed E-state index contributed by atoms with van der Waals surface area (Å²) >= 11 is 0. The van der Waals surface area contributed by atoms with Crippen molar-refractivity contribution in [2.45, 2.75) is 45.7 Å². The summed E-state index contributed by atoms with van der Waals surface area (Å²) in [7, 11) is 0. The number of rotatable bonds is 6. The molecule has 0 aliphatic carbocycles. The van der Waals surface area contributed by atoms with Gasteiger partial charge in [0.15, 0.2) is 0 Å². The van der Waals surface area contributed by atoms with Crippen molar-refractivity contribution >= 4 is 0 Å². The van der Waals surface area contributed by atoms with E-state index in [2.05, 4.69) is 49.9 Å². The molecule has 1 aromatic rings. The first kappa shape index (κ1) is 16.5. The molecule has 3 heteroatoms. The molecule has 1 aliphatic rings. The molecular formula is C18H30N2O. The first-order chi connectivity index (χ1) is 10.2. The van der Waals surface area contributed by atoms with E-state index < -0.39 is 0 Å². The van der Waals surface area contributed by atoms with Crippen molar-refractivity contribution in [2.24, 2.45) is 11.7 Å². The maximum Gasteiger partial charge on any atom is 0.0622 e. The zero-order valence-electron chi connectivity index (χ0n) is 13.7. The topological polar surface area (TPSA) is 38.5 Å². The maximum atomic E-state index is 6.09. The third kappa shape index (κ3) is 4.29. The average molecular weight is 290 g/mol. The smallest absolute Gasteiger partial charge is 0.0622 e. The maximum absolute atomic E-state index is 6.09. The van der Waals surface area contributed by atoms with Crippen molar-refractivity contribution in [3.05, 3.63) is 35.4 Å². The van der Waals surface area contributed by atoms with E-state index in [-0.39, 0.29) is 0 Å². The van der Waals surface area contributed by atoms with Crippen LogP contribution >= 0.6 is 0 Å². The molecule has 0 spiro atoms. The Balaban J connectivity index is 2.12. The highest BCUT2D eigenvalue weighted by atomic mass is 16.5. The van der Waals surface area contributed by atoms with Gasteiger partial charge in [0.1, 0.15) is 0 Å². The minimum atomic E-state index is 0.312. The van der Waals surface area contributed by atoms with Crippen LogP contribution < -0.4 is 5.73 Å². The second kappa shape index (κ2) is 7.92. The van der Waals surface area contributed by atoms with Crippen LogP contribution in [0.15, 0.2) is 24.3 Å². The van der Waals surface area contributed by atoms with Crippen molar-refractivity contribution in [1.82, 2.24) is 4.90 Å². The molecule has 1 heterocycles. The highest BCUT2D eigenvalue weighted by Gasteiger charge is 2.28. The van der Waals surface area contributed by atoms with E-state index in [0.717, 1.165) is 32.6 Å². The lowest BCUT2D eigenvalue weighted by atomic mass is 9.97. The van der Waals surface area contributed by atoms with Crippen LogP contribution in [0.3, 0.4) is 0 Å². The third-order valence-electron chi connectivity index (χ3n) is 4.38. The monoisotopic (exact) mass is 290 g/mol. The van der Waals surface area contributed by atoms with Crippen molar-refractivity contribution in [3.8, 4) is 0 Å². The Morgan fingerprint density at radius 3 is 2.57 bits per heavy atom. The fourth-order valence-electron chi connectivity index (χ4n) is 3.24. The van der Waals surface area contributed by atoms with Crippen LogP contribution in [-0.2, 0) is 11.2 Å². The first-order valence-electron chi connectivity index (χ1n) is 8.28. The van der Waals surface area contributed by atoms with Crippen LogP contribution in [0.4, 0.5) is 0 Å². The molecule has 0 bridgehead atoms. The van der Waals surface area contributed by atoms with Crippen LogP contribution in [0, 0.1) is 5.92 Å². The summed E-state index contributed by atoms with van der Waals surface area (Å²) in [5.74, 6) is 0.699. The lowest BCUT2D eigenvalue weighted by Crippen LogP contribution is -2.48. The summed E-state index contributed by atoms with van der Waals surface area (Å²) in [6.07, 6.45) is 2.25. The van der Waals surface area contributed by atoms with Gasteiger partial charge in [-0.3, -0.25) is 4.90 Å². The van der Waals surface area contributed by atoms with Gasteiger partial charge in [0.2, 0.25) is 0 Å². The van der Waals surface area contributed by atoms with Gasteiger partial charge in [-0.05, 0) is 29.9 Å². The third-order valence-corrected chi connectivity index (χ3v) is 4.38. The Hall–Kier alpha value is -0.900. The van der Waals surface area contributed by atoms with Gasteiger partial charge in [0.05, 0.1) is 13.2 Å². The minimum absolute atomic E-state index is 0.312. The summed E-state index contributed by atoms with van der Waals surface area (Å²) in [6.45, 7) is 10.0. The molecular weight excluding hydrogens is 260 g/mol. The Bertz CT molecular complexity index is 416. The van der Waals surface area contributed by atoms with Crippen LogP contribution in [0.5, 0.6) is 0 Å². The van der Waals surface area contributed by atoms with Crippen molar-refractivity contribution in [1.29, 1.82) is 0 Å². The number of hydrogen-bond acceptors (Lipinski definition) is 3. The molecule has 0 radical (unpaired) electrons. The van der Waals surface area contributed by atoms with Gasteiger partial charge in [0.25, 0.3) is 0 Å². The van der Waals surface area contributed by atoms with E-state index in [9.17, 15) is 0 Å². The number of morpholine rings is 1. The number of nitrogens with two attached hydrogens (primary N) is 1. The van der Waals surface area contributed by atoms with Crippen LogP contribution in [0.2, 0.25) is 0 Å². The van der Waals surface area contributed by atoms with Gasteiger partial charge >= 0.3 is 0 Å². The molecule has 2 rings (SSSR count). The van der Waals surface area contributed by atoms with E-state index in [4.69, 9.17) is 10.5 Å². The SMILES string of the molecule is CCC1COCCN1C(CN)c1ccc(CC(C)C)cc1. The lowest BCUT2D eigenvalue weighted by Gasteiger charge is -2.40. The van der Waals surface area contributed by atoms with Crippen molar-refractivity contribution < 1.29 is 4.74 Å². The molecule has 1 saturated heterocycles. The Morgan fingerprint density at radius 2 is 2.00 bits per heavy atom. The second-order valence-electron chi connectivity index (χ2n) is 6.47. The normalized spacial score (nSPS) is 21.7. The summed E-state index contributed by atoms with van der Waals surface area (Å²) in [4.78, 5) is 2.53. The highest BCUT2D eigenvalue weighted by Crippen LogP contribution is 2.26. The molecule has 3 nitrogen and oxygen atoms in total. The van der Waals surface area contributed by atoms with E-state index in [1.165, 1.54) is 11.1 Å². The lowest BCUT2D eigenvalue weighted by molar-refractivity contribution is -0.0291. The van der Waals surface area contributed by atoms with Crippen LogP contribution in [-0.4, -0.2) is 37.2 Å². The Kier molecular flexibility index (Phi) is 6.22. The van der Waals surface area contributed by atoms with E-state index in [1.54, 1.807) is 0 Å². The predicted molar refractivity (Wildman–Crippen MR) is 88.4 cm³/mol. The van der Waals surface area contributed by atoms with Gasteiger partial charge in [-0.15, -0.1) is 0 Å². The molecule has 1 fully saturated rings. The number of nitrogens with zero attached hydrogens (tertiary/aromatic N) is 1. The predicted octanol–water partition coefficient (Wildman–Crippen LogP) is 3.00. The Morgan fingerprint density at radius 1 is 1.29 bits per heavy atom. The van der Waals surface area contributed by atoms with Crippen LogP contribution in [0.1, 0.15) is 44.4 Å². The van der Waals surface area contributed by atoms with E-state index in [1.807, 2.05) is 0 Å². The summed E-state index contributed by atoms with van der Waals surface area (Å²) < 4.78 is 5.61. The zero-order chi connectivity index (χ0) is 15.2. The molecule has 2 unspecified atom stereocenters. The molecule has 21 heavy (non-hydrogen) atoms. The molecule has 118 valence electrons. The largest absolute Gasteiger partial charge is 0.378 e. The van der Waals surface area contributed by atoms with E-state index in [0.29, 0.717) is 24.5 Å². The number of hydrogen-bond donors (Lipinski definition) is 1. The van der Waals surface area contributed by atoms with Gasteiger partial charge in [-0.1, -0.05) is 45.0 Å². The molecule has 0 saturated carbocycles. The Labute approximate surface area is 129 Å². The zero-order valence-corrected chi connectivity index (χ0v) is 13.7. The highest BCUT2D eigenvalue weighted by molar-refractivity contribution is 5.26. The average Bonchev–Trinajstić information content (AvgIpc) is 2.49. The number of ether oxygens (including phenoxy) is 1. The van der Waals surface area contributed by atoms with Crippen molar-refractivity contribution in [2.75, 3.05) is 26.3 Å². The van der Waals surface area contributed by atoms with Gasteiger partial charge in [-0.25, -0.2) is 0 Å². The quantitative estimate of drug-likeness (QED) is 0.875. The first-order valence-corrected chi connectivity index (χ1v) is 8.28. The molecule has 1 aromatic carbocycles. The van der Waals surface area contributed by atoms with Gasteiger partial charge in [0, 0.05) is 25.2 Å². The summed E-state index contributed by atoms with van der Waals surface area (Å²) in [5.41, 5.74) is 8.84. The fraction of sp³-hybridized carbons (Fsp3) is 0.667. The minimum Gasteiger partial charge on any atom is -0.378 e. The molecule has 1 aliphatic heterocycles. The standard InChI is InChI=1S/C18H30N2O/c1-4-17-13-21-10-9-20(17)18(12-19)16-7-5-15(6-8-16)11-14(2)3/h5-8,14,17-18H,4,9-13,19H2,1-3H3. The van der Waals surface area contributed by atoms with Gasteiger partial charge in [-0.2, -0.15) is 0 Å². The summed E-state index contributed by atoms with van der Waals surface area (Å²) in [5, 5.41) is 0. The van der Waals surface area contributed by atoms with Crippen molar-refractivity contribution in [3.63, 3.8) is 0 Å². The molecule has 0 aromatic heterocycles. The fourth-order valence-corrected chi connectivity index (χ4v) is 3.24. The molecule has 2 N–H and O–H groups in total. The number of benzene rings is 1. The van der Waals surface area contributed by atoms with E-state index >= 15 is 0 Å². The molecule has 2 atom stereocenters.